The number of anilines is 1. The van der Waals surface area contributed by atoms with Gasteiger partial charge in [-0.1, -0.05) is 49.0 Å². The molecule has 1 aromatic heterocycles. The van der Waals surface area contributed by atoms with Gasteiger partial charge >= 0.3 is 0 Å². The number of benzene rings is 2. The first-order valence-electron chi connectivity index (χ1n) is 9.52. The maximum Gasteiger partial charge on any atom is 0.268 e. The molecule has 3 aromatic rings. The van der Waals surface area contributed by atoms with E-state index in [4.69, 9.17) is 4.98 Å². The average Bonchev–Trinajstić information content (AvgIpc) is 3.12. The number of carbonyl (C=O) groups excluding carboxylic acids is 1. The minimum absolute atomic E-state index is 0.0559. The number of carbonyl (C=O) groups is 1. The van der Waals surface area contributed by atoms with Gasteiger partial charge in [-0.15, -0.1) is 11.8 Å². The predicted octanol–water partition coefficient (Wildman–Crippen LogP) is 4.20. The number of aromatic nitrogens is 2. The Hall–Kier alpha value is -2.58. The lowest BCUT2D eigenvalue weighted by atomic mass is 10.2. The maximum absolute atomic E-state index is 13.2. The quantitative estimate of drug-likeness (QED) is 0.459. The summed E-state index contributed by atoms with van der Waals surface area (Å²) in [5, 5.41) is 3.58. The van der Waals surface area contributed by atoms with E-state index in [1.165, 1.54) is 36.0 Å². The lowest BCUT2D eigenvalue weighted by Crippen LogP contribution is -2.26. The number of halogens is 1. The number of fused-ring (bicyclic) bond motifs is 1. The van der Waals surface area contributed by atoms with Crippen LogP contribution in [-0.2, 0) is 17.8 Å². The molecule has 2 heterocycles. The number of hydrogen-bond acceptors (Lipinski definition) is 5. The van der Waals surface area contributed by atoms with Crippen LogP contribution < -0.4 is 10.9 Å². The molecule has 4 rings (SSSR count). The molecule has 1 N–H and O–H groups in total. The molecular formula is C22H20FN3O2S2. The van der Waals surface area contributed by atoms with Crippen molar-refractivity contribution in [3.8, 4) is 0 Å². The highest BCUT2D eigenvalue weighted by Gasteiger charge is 2.26. The molecule has 30 heavy (non-hydrogen) atoms. The first-order chi connectivity index (χ1) is 14.5. The Morgan fingerprint density at radius 1 is 1.23 bits per heavy atom. The van der Waals surface area contributed by atoms with Crippen molar-refractivity contribution in [1.29, 1.82) is 0 Å². The molecule has 154 valence electrons. The topological polar surface area (TPSA) is 64.0 Å². The standard InChI is InChI=1S/C22H20FN3O2S2/c1-14-11-18-20(30-14)21(28)26(12-15-5-3-2-4-6-15)22(25-18)29-13-19(27)24-17-9-7-16(23)8-10-17/h2-10,14H,11-13H2,1H3,(H,24,27). The van der Waals surface area contributed by atoms with Crippen LogP contribution in [-0.4, -0.2) is 26.5 Å². The largest absolute Gasteiger partial charge is 0.325 e. The van der Waals surface area contributed by atoms with E-state index in [1.54, 1.807) is 16.3 Å². The van der Waals surface area contributed by atoms with Gasteiger partial charge in [0.25, 0.3) is 5.56 Å². The van der Waals surface area contributed by atoms with Gasteiger partial charge in [-0.3, -0.25) is 14.2 Å². The molecular weight excluding hydrogens is 421 g/mol. The third-order valence-corrected chi connectivity index (χ3v) is 6.80. The number of nitrogens with zero attached hydrogens (tertiary/aromatic N) is 2. The molecule has 5 nitrogen and oxygen atoms in total. The highest BCUT2D eigenvalue weighted by atomic mass is 32.2. The molecule has 0 aliphatic carbocycles. The average molecular weight is 442 g/mol. The molecule has 1 unspecified atom stereocenters. The van der Waals surface area contributed by atoms with E-state index in [-0.39, 0.29) is 23.0 Å². The van der Waals surface area contributed by atoms with Gasteiger partial charge in [0, 0.05) is 17.4 Å². The summed E-state index contributed by atoms with van der Waals surface area (Å²) in [7, 11) is 0. The zero-order valence-corrected chi connectivity index (χ0v) is 17.9. The molecule has 0 spiro atoms. The van der Waals surface area contributed by atoms with Crippen LogP contribution in [0.25, 0.3) is 0 Å². The molecule has 2 aromatic carbocycles. The Labute approximate surface area is 182 Å². The van der Waals surface area contributed by atoms with Crippen molar-refractivity contribution in [3.05, 3.63) is 82.0 Å². The molecule has 1 aliphatic rings. The highest BCUT2D eigenvalue weighted by Crippen LogP contribution is 2.34. The molecule has 0 saturated carbocycles. The summed E-state index contributed by atoms with van der Waals surface area (Å²) in [6.45, 7) is 2.48. The van der Waals surface area contributed by atoms with Gasteiger partial charge in [-0.05, 0) is 29.8 Å². The molecule has 0 saturated heterocycles. The minimum Gasteiger partial charge on any atom is -0.325 e. The summed E-state index contributed by atoms with van der Waals surface area (Å²) in [6.07, 6.45) is 0.747. The lowest BCUT2D eigenvalue weighted by molar-refractivity contribution is -0.113. The molecule has 1 aliphatic heterocycles. The van der Waals surface area contributed by atoms with Crippen molar-refractivity contribution in [2.24, 2.45) is 0 Å². The Morgan fingerprint density at radius 2 is 1.97 bits per heavy atom. The monoisotopic (exact) mass is 441 g/mol. The Kier molecular flexibility index (Phi) is 6.24. The van der Waals surface area contributed by atoms with Crippen LogP contribution in [0, 0.1) is 5.82 Å². The van der Waals surface area contributed by atoms with Crippen molar-refractivity contribution in [2.75, 3.05) is 11.1 Å². The van der Waals surface area contributed by atoms with Crippen molar-refractivity contribution >= 4 is 35.1 Å². The summed E-state index contributed by atoms with van der Waals surface area (Å²) in [6, 6.07) is 15.3. The Balaban J connectivity index is 1.56. The van der Waals surface area contributed by atoms with E-state index < -0.39 is 0 Å². The summed E-state index contributed by atoms with van der Waals surface area (Å²) < 4.78 is 14.7. The fourth-order valence-electron chi connectivity index (χ4n) is 3.21. The molecule has 8 heteroatoms. The molecule has 0 fully saturated rings. The number of thioether (sulfide) groups is 2. The van der Waals surface area contributed by atoms with Crippen LogP contribution in [0.2, 0.25) is 0 Å². The maximum atomic E-state index is 13.2. The zero-order chi connectivity index (χ0) is 21.1. The van der Waals surface area contributed by atoms with Gasteiger partial charge in [0.1, 0.15) is 5.82 Å². The van der Waals surface area contributed by atoms with E-state index in [0.29, 0.717) is 27.5 Å². The van der Waals surface area contributed by atoms with E-state index in [2.05, 4.69) is 12.2 Å². The third kappa shape index (κ3) is 4.76. The molecule has 1 amide bonds. The molecule has 0 bridgehead atoms. The van der Waals surface area contributed by atoms with E-state index in [0.717, 1.165) is 17.7 Å². The molecule has 0 radical (unpaired) electrons. The zero-order valence-electron chi connectivity index (χ0n) is 16.3. The van der Waals surface area contributed by atoms with Crippen molar-refractivity contribution in [1.82, 2.24) is 9.55 Å². The van der Waals surface area contributed by atoms with Crippen LogP contribution in [0.15, 0.2) is 69.4 Å². The molecule has 1 atom stereocenters. The van der Waals surface area contributed by atoms with Crippen LogP contribution in [0.4, 0.5) is 10.1 Å². The third-order valence-electron chi connectivity index (χ3n) is 4.61. The van der Waals surface area contributed by atoms with Gasteiger partial charge in [-0.2, -0.15) is 0 Å². The van der Waals surface area contributed by atoms with Crippen molar-refractivity contribution in [3.63, 3.8) is 0 Å². The fraction of sp³-hybridized carbons (Fsp3) is 0.227. The second-order valence-electron chi connectivity index (χ2n) is 7.02. The van der Waals surface area contributed by atoms with Crippen LogP contribution >= 0.6 is 23.5 Å². The second-order valence-corrected chi connectivity index (χ2v) is 9.41. The SMILES string of the molecule is CC1Cc2nc(SCC(=O)Nc3ccc(F)cc3)n(Cc3ccccc3)c(=O)c2S1. The number of nitrogens with one attached hydrogen (secondary N) is 1. The predicted molar refractivity (Wildman–Crippen MR) is 119 cm³/mol. The normalized spacial score (nSPS) is 15.1. The Morgan fingerprint density at radius 3 is 2.70 bits per heavy atom. The summed E-state index contributed by atoms with van der Waals surface area (Å²) >= 11 is 2.80. The van der Waals surface area contributed by atoms with E-state index in [1.807, 2.05) is 30.3 Å². The summed E-state index contributed by atoms with van der Waals surface area (Å²) in [5.74, 6) is -0.503. The second kappa shape index (κ2) is 9.06. The highest BCUT2D eigenvalue weighted by molar-refractivity contribution is 8.00. The van der Waals surface area contributed by atoms with Crippen LogP contribution in [0.3, 0.4) is 0 Å². The smallest absolute Gasteiger partial charge is 0.268 e. The Bertz CT molecular complexity index is 1120. The number of rotatable bonds is 6. The first-order valence-corrected chi connectivity index (χ1v) is 11.4. The van der Waals surface area contributed by atoms with Gasteiger partial charge in [0.15, 0.2) is 5.16 Å². The van der Waals surface area contributed by atoms with Crippen LogP contribution in [0.5, 0.6) is 0 Å². The minimum atomic E-state index is -0.359. The van der Waals surface area contributed by atoms with E-state index in [9.17, 15) is 14.0 Å². The number of hydrogen-bond donors (Lipinski definition) is 1. The lowest BCUT2D eigenvalue weighted by Gasteiger charge is -2.14. The summed E-state index contributed by atoms with van der Waals surface area (Å²) in [5.41, 5.74) is 2.27. The number of amides is 1. The van der Waals surface area contributed by atoms with Crippen molar-refractivity contribution < 1.29 is 9.18 Å². The van der Waals surface area contributed by atoms with Gasteiger partial charge in [0.2, 0.25) is 5.91 Å². The fourth-order valence-corrected chi connectivity index (χ4v) is 5.14. The first kappa shape index (κ1) is 20.7. The summed E-state index contributed by atoms with van der Waals surface area (Å²) in [4.78, 5) is 31.0. The van der Waals surface area contributed by atoms with E-state index >= 15 is 0 Å². The van der Waals surface area contributed by atoms with Gasteiger partial charge in [0.05, 0.1) is 22.9 Å². The van der Waals surface area contributed by atoms with Gasteiger partial charge in [-0.25, -0.2) is 9.37 Å². The van der Waals surface area contributed by atoms with Gasteiger partial charge < -0.3 is 5.32 Å². The van der Waals surface area contributed by atoms with Crippen LogP contribution in [0.1, 0.15) is 18.2 Å². The van der Waals surface area contributed by atoms with Crippen molar-refractivity contribution in [2.45, 2.75) is 35.2 Å².